The Bertz CT molecular complexity index is 1160. The van der Waals surface area contributed by atoms with Gasteiger partial charge in [-0.1, -0.05) is 32.4 Å². The van der Waals surface area contributed by atoms with Gasteiger partial charge in [0.15, 0.2) is 18.0 Å². The van der Waals surface area contributed by atoms with E-state index in [-0.39, 0.29) is 57.8 Å². The van der Waals surface area contributed by atoms with Crippen molar-refractivity contribution in [3.8, 4) is 0 Å². The molecule has 0 fully saturated rings. The Morgan fingerprint density at radius 3 is 2.65 bits per heavy atom. The van der Waals surface area contributed by atoms with Gasteiger partial charge in [-0.15, -0.1) is 3.89 Å². The molecule has 2 aromatic heterocycles. The summed E-state index contributed by atoms with van der Waals surface area (Å²) in [6.45, 7) is 7.96. The van der Waals surface area contributed by atoms with Crippen LogP contribution in [0.2, 0.25) is 5.02 Å². The molecule has 0 aliphatic carbocycles. The number of halogens is 2. The normalized spacial score (nSPS) is 12.6. The summed E-state index contributed by atoms with van der Waals surface area (Å²) in [4.78, 5) is 21.7. The maximum absolute atomic E-state index is 13.5. The van der Waals surface area contributed by atoms with E-state index in [0.717, 1.165) is 3.97 Å². The van der Waals surface area contributed by atoms with Crippen LogP contribution in [-0.4, -0.2) is 38.6 Å². The van der Waals surface area contributed by atoms with Crippen molar-refractivity contribution in [3.63, 3.8) is 0 Å². The minimum Gasteiger partial charge on any atom is -0.388 e. The molecule has 0 aliphatic rings. The number of rotatable bonds is 6. The maximum atomic E-state index is 13.5. The summed E-state index contributed by atoms with van der Waals surface area (Å²) in [7, 11) is 1.74. The third-order valence-corrected chi connectivity index (χ3v) is 5.87. The molecule has 0 bridgehead atoms. The van der Waals surface area contributed by atoms with E-state index in [0.29, 0.717) is 16.3 Å². The number of fused-ring (bicyclic) bond motifs is 1. The third-order valence-electron chi connectivity index (χ3n) is 5.21. The molecule has 10 heteroatoms. The van der Waals surface area contributed by atoms with Gasteiger partial charge in [-0.2, -0.15) is 0 Å². The number of nitrogens with zero attached hydrogens (tertiary/aromatic N) is 3. The van der Waals surface area contributed by atoms with E-state index in [1.165, 1.54) is 12.4 Å². The van der Waals surface area contributed by atoms with Gasteiger partial charge in [-0.25, -0.2) is 13.9 Å². The lowest BCUT2D eigenvalue weighted by Crippen LogP contribution is -2.41. The first-order chi connectivity index (χ1) is 14.6. The van der Waals surface area contributed by atoms with Gasteiger partial charge in [0.25, 0.3) is 5.91 Å². The highest BCUT2D eigenvalue weighted by Crippen LogP contribution is 2.27. The number of hydrogen-bond acceptors (Lipinski definition) is 6. The Labute approximate surface area is 189 Å². The zero-order valence-corrected chi connectivity index (χ0v) is 19.5. The Morgan fingerprint density at radius 1 is 1.32 bits per heavy atom. The Hall–Kier alpha value is -2.65. The van der Waals surface area contributed by atoms with E-state index in [2.05, 4.69) is 20.6 Å². The number of hydrogen-bond donors (Lipinski definition) is 3. The zero-order valence-electron chi connectivity index (χ0n) is 17.9. The minimum atomic E-state index is -0.378. The highest BCUT2D eigenvalue weighted by Gasteiger charge is 2.26. The molecule has 0 radical (unpaired) electrons. The molecule has 0 saturated carbocycles. The highest BCUT2D eigenvalue weighted by atomic mass is 35.5. The average Bonchev–Trinajstić information content (AvgIpc) is 3.10. The maximum Gasteiger partial charge on any atom is 0.255 e. The summed E-state index contributed by atoms with van der Waals surface area (Å²) in [6.07, 6.45) is 2.75. The second-order valence-electron chi connectivity index (χ2n) is 8.24. The van der Waals surface area contributed by atoms with Crippen LogP contribution in [0.4, 0.5) is 9.57 Å². The molecule has 3 aromatic rings. The first kappa shape index (κ1) is 23.0. The minimum absolute atomic E-state index is 0.0673. The van der Waals surface area contributed by atoms with Crippen LogP contribution in [-0.2, 0) is 0 Å². The van der Waals surface area contributed by atoms with Gasteiger partial charge >= 0.3 is 0 Å². The van der Waals surface area contributed by atoms with Gasteiger partial charge in [-0.05, 0) is 30.5 Å². The fraction of sp³-hybridized carbons (Fsp3) is 0.333. The molecule has 3 N–H and O–H groups in total. The van der Waals surface area contributed by atoms with E-state index in [4.69, 9.17) is 17.0 Å². The smallest absolute Gasteiger partial charge is 0.255 e. The number of carbonyl (C=O) groups excluding carboxylic acids is 1. The summed E-state index contributed by atoms with van der Waals surface area (Å²) >= 11 is 6.05. The molecule has 1 atom stereocenters. The standard InChI is InChI=1S/C21H24ClFN6OS/c1-11(21(2,3)4)27-20(30)14-10-29(31-23)19-18(14)28-16(9-26-19)17(24)13-8-12(22)6-7-15(13)25-5/h6-11,24-25H,1-5H3,(H,27,30). The largest absolute Gasteiger partial charge is 0.388 e. The molecule has 0 spiro atoms. The molecule has 1 amide bonds. The first-order valence-corrected chi connectivity index (χ1v) is 10.7. The van der Waals surface area contributed by atoms with Crippen LogP contribution >= 0.6 is 23.9 Å². The van der Waals surface area contributed by atoms with E-state index in [1.807, 2.05) is 27.7 Å². The predicted octanol–water partition coefficient (Wildman–Crippen LogP) is 5.09. The lowest BCUT2D eigenvalue weighted by molar-refractivity contribution is 0.0911. The Kier molecular flexibility index (Phi) is 6.56. The Balaban J connectivity index is 2.07. The fourth-order valence-corrected chi connectivity index (χ4v) is 3.39. The van der Waals surface area contributed by atoms with Crippen molar-refractivity contribution in [3.05, 3.63) is 52.4 Å². The molecule has 0 saturated heterocycles. The number of aromatic nitrogens is 3. The van der Waals surface area contributed by atoms with Crippen molar-refractivity contribution in [2.45, 2.75) is 33.7 Å². The van der Waals surface area contributed by atoms with Gasteiger partial charge in [0.2, 0.25) is 0 Å². The van der Waals surface area contributed by atoms with Crippen molar-refractivity contribution in [2.24, 2.45) is 5.41 Å². The van der Waals surface area contributed by atoms with Gasteiger partial charge in [0, 0.05) is 35.6 Å². The molecule has 2 heterocycles. The van der Waals surface area contributed by atoms with Crippen LogP contribution in [0.3, 0.4) is 0 Å². The Morgan fingerprint density at radius 2 is 2.03 bits per heavy atom. The summed E-state index contributed by atoms with van der Waals surface area (Å²) in [6, 6.07) is 5.01. The zero-order chi connectivity index (χ0) is 22.9. The monoisotopic (exact) mass is 462 g/mol. The molecule has 164 valence electrons. The van der Waals surface area contributed by atoms with Gasteiger partial charge in [0.05, 0.1) is 17.5 Å². The van der Waals surface area contributed by atoms with Crippen LogP contribution in [0.15, 0.2) is 30.6 Å². The van der Waals surface area contributed by atoms with Crippen molar-refractivity contribution >= 4 is 52.4 Å². The first-order valence-electron chi connectivity index (χ1n) is 9.61. The van der Waals surface area contributed by atoms with Crippen LogP contribution in [0.25, 0.3) is 11.2 Å². The molecule has 1 unspecified atom stereocenters. The molecule has 31 heavy (non-hydrogen) atoms. The van der Waals surface area contributed by atoms with Crippen LogP contribution in [0.5, 0.6) is 0 Å². The van der Waals surface area contributed by atoms with Crippen LogP contribution in [0.1, 0.15) is 49.3 Å². The van der Waals surface area contributed by atoms with E-state index >= 15 is 0 Å². The van der Waals surface area contributed by atoms with Crippen molar-refractivity contribution in [2.75, 3.05) is 12.4 Å². The second kappa shape index (κ2) is 8.84. The van der Waals surface area contributed by atoms with Crippen molar-refractivity contribution in [1.82, 2.24) is 19.3 Å². The summed E-state index contributed by atoms with van der Waals surface area (Å²) in [5, 5.41) is 15.1. The van der Waals surface area contributed by atoms with E-state index in [1.54, 1.807) is 25.2 Å². The molecular weight excluding hydrogens is 439 g/mol. The van der Waals surface area contributed by atoms with Gasteiger partial charge in [0.1, 0.15) is 11.2 Å². The fourth-order valence-electron chi connectivity index (χ4n) is 2.87. The lowest BCUT2D eigenvalue weighted by atomic mass is 9.88. The van der Waals surface area contributed by atoms with E-state index in [9.17, 15) is 8.68 Å². The number of nitrogens with one attached hydrogen (secondary N) is 3. The highest BCUT2D eigenvalue weighted by molar-refractivity contribution is 7.92. The van der Waals surface area contributed by atoms with Crippen molar-refractivity contribution in [1.29, 1.82) is 5.41 Å². The SMILES string of the molecule is CNc1ccc(Cl)cc1C(=N)c1cnc2c(n1)c(C(=O)NC(C)C(C)(C)C)cn2SF. The summed E-state index contributed by atoms with van der Waals surface area (Å²) in [5.74, 6) is -0.378. The van der Waals surface area contributed by atoms with Crippen molar-refractivity contribution < 1.29 is 8.68 Å². The topological polar surface area (TPSA) is 95.7 Å². The number of amides is 1. The molecule has 1 aromatic carbocycles. The number of anilines is 1. The van der Waals surface area contributed by atoms with Crippen LogP contribution < -0.4 is 10.6 Å². The number of benzene rings is 1. The van der Waals surface area contributed by atoms with Crippen LogP contribution in [0, 0.1) is 10.8 Å². The lowest BCUT2D eigenvalue weighted by Gasteiger charge is -2.27. The van der Waals surface area contributed by atoms with Gasteiger partial charge in [-0.3, -0.25) is 10.2 Å². The predicted molar refractivity (Wildman–Crippen MR) is 125 cm³/mol. The molecule has 7 nitrogen and oxygen atoms in total. The number of carbonyl (C=O) groups is 1. The average molecular weight is 463 g/mol. The molecule has 3 rings (SSSR count). The summed E-state index contributed by atoms with van der Waals surface area (Å²) < 4.78 is 14.6. The summed E-state index contributed by atoms with van der Waals surface area (Å²) in [5.41, 5.74) is 2.02. The quantitative estimate of drug-likeness (QED) is 0.443. The van der Waals surface area contributed by atoms with E-state index < -0.39 is 0 Å². The molecular formula is C21H24ClFN6OS. The third kappa shape index (κ3) is 4.67. The second-order valence-corrected chi connectivity index (χ2v) is 9.21. The molecule has 0 aliphatic heterocycles. The van der Waals surface area contributed by atoms with Gasteiger partial charge < -0.3 is 10.6 Å².